The van der Waals surface area contributed by atoms with Gasteiger partial charge in [0.2, 0.25) is 0 Å². The van der Waals surface area contributed by atoms with Crippen LogP contribution < -0.4 is 5.73 Å². The summed E-state index contributed by atoms with van der Waals surface area (Å²) in [6.07, 6.45) is 3.63. The zero-order chi connectivity index (χ0) is 12.3. The van der Waals surface area contributed by atoms with Crippen LogP contribution in [0.1, 0.15) is 24.8 Å². The van der Waals surface area contributed by atoms with Crippen molar-refractivity contribution in [2.75, 3.05) is 13.6 Å². The molecule has 94 valence electrons. The molecule has 2 nitrogen and oxygen atoms in total. The van der Waals surface area contributed by atoms with E-state index in [-0.39, 0.29) is 0 Å². The average molecular weight is 253 g/mol. The van der Waals surface area contributed by atoms with Crippen LogP contribution in [-0.2, 0) is 6.54 Å². The van der Waals surface area contributed by atoms with Gasteiger partial charge in [0, 0.05) is 24.2 Å². The maximum atomic E-state index is 6.16. The van der Waals surface area contributed by atoms with E-state index >= 15 is 0 Å². The third-order valence-corrected chi connectivity index (χ3v) is 3.92. The Labute approximate surface area is 109 Å². The number of benzene rings is 1. The van der Waals surface area contributed by atoms with Crippen molar-refractivity contribution in [3.8, 4) is 0 Å². The molecule has 0 saturated heterocycles. The van der Waals surface area contributed by atoms with Gasteiger partial charge in [-0.15, -0.1) is 0 Å². The summed E-state index contributed by atoms with van der Waals surface area (Å²) >= 11 is 6.16. The van der Waals surface area contributed by atoms with Crippen LogP contribution >= 0.6 is 11.6 Å². The molecule has 0 spiro atoms. The summed E-state index contributed by atoms with van der Waals surface area (Å²) in [6.45, 7) is 2.05. The van der Waals surface area contributed by atoms with Crippen molar-refractivity contribution in [2.45, 2.75) is 31.8 Å². The molecule has 0 heterocycles. The second-order valence-corrected chi connectivity index (χ2v) is 5.63. The van der Waals surface area contributed by atoms with Crippen LogP contribution in [0.2, 0.25) is 5.02 Å². The lowest BCUT2D eigenvalue weighted by atomic mass is 10.1. The fourth-order valence-corrected chi connectivity index (χ4v) is 2.90. The molecule has 2 rings (SSSR count). The minimum atomic E-state index is 0.425. The van der Waals surface area contributed by atoms with E-state index in [0.29, 0.717) is 6.04 Å². The topological polar surface area (TPSA) is 29.3 Å². The highest BCUT2D eigenvalue weighted by molar-refractivity contribution is 6.31. The molecule has 1 aromatic rings. The molecule has 0 bridgehead atoms. The van der Waals surface area contributed by atoms with Crippen molar-refractivity contribution >= 4 is 11.6 Å². The molecule has 0 aromatic heterocycles. The van der Waals surface area contributed by atoms with E-state index in [1.807, 2.05) is 18.2 Å². The molecule has 1 fully saturated rings. The molecule has 2 atom stereocenters. The number of rotatable bonds is 4. The Hall–Kier alpha value is -0.570. The third kappa shape index (κ3) is 3.70. The number of hydrogen-bond donors (Lipinski definition) is 1. The summed E-state index contributed by atoms with van der Waals surface area (Å²) < 4.78 is 0. The van der Waals surface area contributed by atoms with Gasteiger partial charge in [0.15, 0.2) is 0 Å². The molecule has 17 heavy (non-hydrogen) atoms. The minimum absolute atomic E-state index is 0.425. The number of nitrogens with zero attached hydrogens (tertiary/aromatic N) is 1. The standard InChI is InChI=1S/C14H21ClN2/c1-17(9-11-6-7-13(16)8-11)10-12-4-2-3-5-14(12)15/h2-5,11,13H,6-10,16H2,1H3. The summed E-state index contributed by atoms with van der Waals surface area (Å²) in [5.41, 5.74) is 7.15. The number of halogens is 1. The molecule has 2 N–H and O–H groups in total. The van der Waals surface area contributed by atoms with Crippen LogP contribution in [0.15, 0.2) is 24.3 Å². The highest BCUT2D eigenvalue weighted by Crippen LogP contribution is 2.25. The monoisotopic (exact) mass is 252 g/mol. The molecular formula is C14H21ClN2. The van der Waals surface area contributed by atoms with Crippen molar-refractivity contribution < 1.29 is 0 Å². The number of nitrogens with two attached hydrogens (primary N) is 1. The lowest BCUT2D eigenvalue weighted by Crippen LogP contribution is -2.25. The molecule has 1 aliphatic carbocycles. The summed E-state index contributed by atoms with van der Waals surface area (Å²) in [6, 6.07) is 8.49. The molecule has 0 radical (unpaired) electrons. The van der Waals surface area contributed by atoms with Gasteiger partial charge in [-0.25, -0.2) is 0 Å². The smallest absolute Gasteiger partial charge is 0.0451 e. The van der Waals surface area contributed by atoms with E-state index in [1.54, 1.807) is 0 Å². The first-order chi connectivity index (χ1) is 8.15. The van der Waals surface area contributed by atoms with Gasteiger partial charge in [0.25, 0.3) is 0 Å². The van der Waals surface area contributed by atoms with Crippen LogP contribution in [0.25, 0.3) is 0 Å². The summed E-state index contributed by atoms with van der Waals surface area (Å²) in [5.74, 6) is 0.762. The zero-order valence-corrected chi connectivity index (χ0v) is 11.2. The predicted molar refractivity (Wildman–Crippen MR) is 73.1 cm³/mol. The second-order valence-electron chi connectivity index (χ2n) is 5.23. The lowest BCUT2D eigenvalue weighted by Gasteiger charge is -2.21. The van der Waals surface area contributed by atoms with Crippen molar-refractivity contribution in [3.63, 3.8) is 0 Å². The summed E-state index contributed by atoms with van der Waals surface area (Å²) in [5, 5.41) is 0.863. The van der Waals surface area contributed by atoms with Crippen LogP contribution in [0, 0.1) is 5.92 Å². The first-order valence-electron chi connectivity index (χ1n) is 6.32. The fourth-order valence-electron chi connectivity index (χ4n) is 2.70. The highest BCUT2D eigenvalue weighted by Gasteiger charge is 2.22. The van der Waals surface area contributed by atoms with Crippen molar-refractivity contribution in [1.82, 2.24) is 4.90 Å². The molecule has 3 heteroatoms. The Kier molecular flexibility index (Phi) is 4.43. The maximum Gasteiger partial charge on any atom is 0.0451 e. The highest BCUT2D eigenvalue weighted by atomic mass is 35.5. The van der Waals surface area contributed by atoms with Crippen LogP contribution in [0.4, 0.5) is 0 Å². The first kappa shape index (κ1) is 12.9. The van der Waals surface area contributed by atoms with E-state index in [9.17, 15) is 0 Å². The Morgan fingerprint density at radius 1 is 1.35 bits per heavy atom. The van der Waals surface area contributed by atoms with E-state index in [0.717, 1.165) is 24.0 Å². The molecule has 1 aliphatic rings. The quantitative estimate of drug-likeness (QED) is 0.893. The van der Waals surface area contributed by atoms with Gasteiger partial charge in [-0.1, -0.05) is 29.8 Å². The molecule has 0 aliphatic heterocycles. The van der Waals surface area contributed by atoms with E-state index in [4.69, 9.17) is 17.3 Å². The summed E-state index contributed by atoms with van der Waals surface area (Å²) in [4.78, 5) is 2.35. The molecule has 1 aromatic carbocycles. The lowest BCUT2D eigenvalue weighted by molar-refractivity contribution is 0.270. The Bertz CT molecular complexity index is 367. The van der Waals surface area contributed by atoms with E-state index < -0.39 is 0 Å². The zero-order valence-electron chi connectivity index (χ0n) is 10.4. The van der Waals surface area contributed by atoms with Crippen LogP contribution in [0.3, 0.4) is 0 Å². The number of hydrogen-bond acceptors (Lipinski definition) is 2. The van der Waals surface area contributed by atoms with E-state index in [2.05, 4.69) is 18.0 Å². The van der Waals surface area contributed by atoms with Gasteiger partial charge < -0.3 is 10.6 Å². The Balaban J connectivity index is 1.85. The summed E-state index contributed by atoms with van der Waals surface area (Å²) in [7, 11) is 2.16. The molecule has 2 unspecified atom stereocenters. The van der Waals surface area contributed by atoms with E-state index in [1.165, 1.54) is 24.8 Å². The minimum Gasteiger partial charge on any atom is -0.328 e. The second kappa shape index (κ2) is 5.85. The first-order valence-corrected chi connectivity index (χ1v) is 6.70. The fraction of sp³-hybridized carbons (Fsp3) is 0.571. The van der Waals surface area contributed by atoms with Crippen molar-refractivity contribution in [3.05, 3.63) is 34.9 Å². The third-order valence-electron chi connectivity index (χ3n) is 3.55. The van der Waals surface area contributed by atoms with Gasteiger partial charge in [-0.3, -0.25) is 0 Å². The largest absolute Gasteiger partial charge is 0.328 e. The van der Waals surface area contributed by atoms with Crippen molar-refractivity contribution in [2.24, 2.45) is 11.7 Å². The molecular weight excluding hydrogens is 232 g/mol. The predicted octanol–water partition coefficient (Wildman–Crippen LogP) is 2.90. The SMILES string of the molecule is CN(Cc1ccccc1Cl)CC1CCC(N)C1. The van der Waals surface area contributed by atoms with Crippen LogP contribution in [0.5, 0.6) is 0 Å². The average Bonchev–Trinajstić information content (AvgIpc) is 2.67. The normalized spacial score (nSPS) is 24.5. The van der Waals surface area contributed by atoms with Gasteiger partial charge in [0.1, 0.15) is 0 Å². The van der Waals surface area contributed by atoms with Gasteiger partial charge in [-0.05, 0) is 43.9 Å². The van der Waals surface area contributed by atoms with Gasteiger partial charge in [0.05, 0.1) is 0 Å². The van der Waals surface area contributed by atoms with Gasteiger partial charge in [-0.2, -0.15) is 0 Å². The van der Waals surface area contributed by atoms with Crippen molar-refractivity contribution in [1.29, 1.82) is 0 Å². The Morgan fingerprint density at radius 2 is 2.12 bits per heavy atom. The Morgan fingerprint density at radius 3 is 2.76 bits per heavy atom. The molecule has 1 saturated carbocycles. The van der Waals surface area contributed by atoms with Crippen LogP contribution in [-0.4, -0.2) is 24.5 Å². The molecule has 0 amide bonds. The maximum absolute atomic E-state index is 6.16. The van der Waals surface area contributed by atoms with Gasteiger partial charge >= 0.3 is 0 Å².